The molecular weight excluding hydrogens is 309 g/mol. The number of carbonyl (C=O) groups excluding carboxylic acids is 2. The van der Waals surface area contributed by atoms with E-state index in [9.17, 15) is 14.0 Å². The summed E-state index contributed by atoms with van der Waals surface area (Å²) in [6, 6.07) is 13.1. The fraction of sp³-hybridized carbons (Fsp3) is 0.222. The Labute approximate surface area is 139 Å². The van der Waals surface area contributed by atoms with Gasteiger partial charge in [0, 0.05) is 24.3 Å². The van der Waals surface area contributed by atoms with Gasteiger partial charge in [0.1, 0.15) is 5.82 Å². The van der Waals surface area contributed by atoms with Crippen LogP contribution in [-0.4, -0.2) is 19.0 Å². The molecule has 0 heterocycles. The van der Waals surface area contributed by atoms with Gasteiger partial charge in [-0.15, -0.1) is 0 Å². The lowest BCUT2D eigenvalue weighted by Gasteiger charge is -2.08. The summed E-state index contributed by atoms with van der Waals surface area (Å²) in [5.74, 6) is -0.636. The van der Waals surface area contributed by atoms with E-state index in [0.717, 1.165) is 0 Å². The van der Waals surface area contributed by atoms with Crippen molar-refractivity contribution in [2.24, 2.45) is 5.92 Å². The zero-order valence-corrected chi connectivity index (χ0v) is 13.2. The first-order chi connectivity index (χ1) is 11.6. The van der Waals surface area contributed by atoms with Gasteiger partial charge in [0.2, 0.25) is 5.91 Å². The first kappa shape index (κ1) is 16.0. The molecule has 2 atom stereocenters. The molecule has 0 aromatic heterocycles. The highest BCUT2D eigenvalue weighted by Crippen LogP contribution is 2.48. The molecule has 0 radical (unpaired) electrons. The number of nitrogens with one attached hydrogen (secondary N) is 3. The molecule has 24 heavy (non-hydrogen) atoms. The van der Waals surface area contributed by atoms with E-state index in [0.29, 0.717) is 23.4 Å². The van der Waals surface area contributed by atoms with Gasteiger partial charge >= 0.3 is 6.03 Å². The Morgan fingerprint density at radius 2 is 1.62 bits per heavy atom. The molecule has 3 N–H and O–H groups in total. The Balaban J connectivity index is 1.58. The molecule has 3 rings (SSSR count). The quantitative estimate of drug-likeness (QED) is 0.806. The first-order valence-electron chi connectivity index (χ1n) is 7.72. The van der Waals surface area contributed by atoms with Crippen LogP contribution in [0, 0.1) is 11.7 Å². The van der Waals surface area contributed by atoms with Crippen LogP contribution in [0.1, 0.15) is 17.9 Å². The molecule has 0 aliphatic heterocycles. The molecule has 1 fully saturated rings. The number of amides is 3. The van der Waals surface area contributed by atoms with Crippen LogP contribution in [0.3, 0.4) is 0 Å². The van der Waals surface area contributed by atoms with E-state index >= 15 is 0 Å². The first-order valence-corrected chi connectivity index (χ1v) is 7.72. The van der Waals surface area contributed by atoms with Gasteiger partial charge in [-0.3, -0.25) is 4.79 Å². The second-order valence-corrected chi connectivity index (χ2v) is 5.74. The smallest absolute Gasteiger partial charge is 0.318 e. The molecule has 1 aliphatic rings. The molecule has 1 aliphatic carbocycles. The largest absolute Gasteiger partial charge is 0.341 e. The zero-order valence-electron chi connectivity index (χ0n) is 13.2. The highest BCUT2D eigenvalue weighted by atomic mass is 19.1. The number of benzene rings is 2. The standard InChI is InChI=1S/C18H18FN3O2/c1-20-18(24)22-12-8-6-11(7-9-12)21-17(23)15-10-14(15)13-4-2-3-5-16(13)19/h2-9,14-15H,10H2,1H3,(H,21,23)(H2,20,22,24). The molecule has 5 nitrogen and oxygen atoms in total. The molecule has 124 valence electrons. The summed E-state index contributed by atoms with van der Waals surface area (Å²) >= 11 is 0. The fourth-order valence-electron chi connectivity index (χ4n) is 2.67. The molecule has 6 heteroatoms. The normalized spacial score (nSPS) is 18.6. The highest BCUT2D eigenvalue weighted by molar-refractivity contribution is 5.95. The maximum absolute atomic E-state index is 13.8. The second-order valence-electron chi connectivity index (χ2n) is 5.74. The van der Waals surface area contributed by atoms with Crippen molar-refractivity contribution in [2.45, 2.75) is 12.3 Å². The van der Waals surface area contributed by atoms with E-state index in [2.05, 4.69) is 16.0 Å². The molecule has 3 amide bonds. The van der Waals surface area contributed by atoms with Crippen LogP contribution in [0.5, 0.6) is 0 Å². The Hall–Kier alpha value is -2.89. The van der Waals surface area contributed by atoms with Crippen LogP contribution in [0.15, 0.2) is 48.5 Å². The number of anilines is 2. The van der Waals surface area contributed by atoms with Crippen LogP contribution in [0.4, 0.5) is 20.6 Å². The maximum atomic E-state index is 13.8. The average molecular weight is 327 g/mol. The SMILES string of the molecule is CNC(=O)Nc1ccc(NC(=O)C2CC2c2ccccc2F)cc1. The van der Waals surface area contributed by atoms with Gasteiger partial charge in [0.25, 0.3) is 0 Å². The van der Waals surface area contributed by atoms with E-state index < -0.39 is 0 Å². The monoisotopic (exact) mass is 327 g/mol. The van der Waals surface area contributed by atoms with Crippen molar-refractivity contribution < 1.29 is 14.0 Å². The van der Waals surface area contributed by atoms with Crippen molar-refractivity contribution in [1.29, 1.82) is 0 Å². The van der Waals surface area contributed by atoms with Gasteiger partial charge < -0.3 is 16.0 Å². The van der Waals surface area contributed by atoms with Crippen molar-refractivity contribution in [1.82, 2.24) is 5.32 Å². The van der Waals surface area contributed by atoms with Crippen molar-refractivity contribution in [3.05, 3.63) is 59.9 Å². The maximum Gasteiger partial charge on any atom is 0.318 e. The van der Waals surface area contributed by atoms with Gasteiger partial charge in [-0.05, 0) is 48.2 Å². The minimum atomic E-state index is -0.308. The molecule has 1 saturated carbocycles. The van der Waals surface area contributed by atoms with E-state index in [1.54, 1.807) is 42.5 Å². The number of hydrogen-bond donors (Lipinski definition) is 3. The Morgan fingerprint density at radius 3 is 2.25 bits per heavy atom. The van der Waals surface area contributed by atoms with Crippen LogP contribution in [0.25, 0.3) is 0 Å². The van der Waals surface area contributed by atoms with E-state index in [1.807, 2.05) is 0 Å². The number of urea groups is 1. The Morgan fingerprint density at radius 1 is 1.00 bits per heavy atom. The number of rotatable bonds is 4. The summed E-state index contributed by atoms with van der Waals surface area (Å²) in [5, 5.41) is 7.92. The van der Waals surface area contributed by atoms with Crippen LogP contribution in [0.2, 0.25) is 0 Å². The molecular formula is C18H18FN3O2. The average Bonchev–Trinajstić information content (AvgIpc) is 3.37. The minimum absolute atomic E-state index is 0.0552. The van der Waals surface area contributed by atoms with Crippen LogP contribution < -0.4 is 16.0 Å². The summed E-state index contributed by atoms with van der Waals surface area (Å²) in [6.07, 6.45) is 0.656. The van der Waals surface area contributed by atoms with Gasteiger partial charge in [-0.25, -0.2) is 9.18 Å². The number of carbonyl (C=O) groups is 2. The van der Waals surface area contributed by atoms with Gasteiger partial charge in [-0.1, -0.05) is 18.2 Å². The van der Waals surface area contributed by atoms with Gasteiger partial charge in [0.05, 0.1) is 0 Å². The van der Waals surface area contributed by atoms with Gasteiger partial charge in [0.15, 0.2) is 0 Å². The molecule has 2 unspecified atom stereocenters. The lowest BCUT2D eigenvalue weighted by atomic mass is 10.1. The Kier molecular flexibility index (Phi) is 4.46. The lowest BCUT2D eigenvalue weighted by Crippen LogP contribution is -2.24. The van der Waals surface area contributed by atoms with E-state index in [-0.39, 0.29) is 29.6 Å². The summed E-state index contributed by atoms with van der Waals surface area (Å²) in [5.41, 5.74) is 1.87. The van der Waals surface area contributed by atoms with Gasteiger partial charge in [-0.2, -0.15) is 0 Å². The fourth-order valence-corrected chi connectivity index (χ4v) is 2.67. The lowest BCUT2D eigenvalue weighted by molar-refractivity contribution is -0.117. The van der Waals surface area contributed by atoms with Crippen LogP contribution >= 0.6 is 0 Å². The number of hydrogen-bond acceptors (Lipinski definition) is 2. The topological polar surface area (TPSA) is 70.2 Å². The highest BCUT2D eigenvalue weighted by Gasteiger charge is 2.45. The predicted molar refractivity (Wildman–Crippen MR) is 90.4 cm³/mol. The summed E-state index contributed by atoms with van der Waals surface area (Å²) in [4.78, 5) is 23.5. The third-order valence-electron chi connectivity index (χ3n) is 4.07. The Bertz CT molecular complexity index is 761. The minimum Gasteiger partial charge on any atom is -0.341 e. The van der Waals surface area contributed by atoms with Crippen molar-refractivity contribution >= 4 is 23.3 Å². The third kappa shape index (κ3) is 3.53. The van der Waals surface area contributed by atoms with Crippen molar-refractivity contribution in [2.75, 3.05) is 17.7 Å². The molecule has 2 aromatic rings. The second kappa shape index (κ2) is 6.70. The van der Waals surface area contributed by atoms with E-state index in [1.165, 1.54) is 13.1 Å². The molecule has 0 spiro atoms. The third-order valence-corrected chi connectivity index (χ3v) is 4.07. The predicted octanol–water partition coefficient (Wildman–Crippen LogP) is 3.32. The zero-order chi connectivity index (χ0) is 17.1. The number of halogens is 1. The van der Waals surface area contributed by atoms with E-state index in [4.69, 9.17) is 0 Å². The summed E-state index contributed by atoms with van der Waals surface area (Å²) in [6.45, 7) is 0. The summed E-state index contributed by atoms with van der Waals surface area (Å²) in [7, 11) is 1.53. The molecule has 2 aromatic carbocycles. The summed E-state index contributed by atoms with van der Waals surface area (Å²) < 4.78 is 13.8. The van der Waals surface area contributed by atoms with Crippen molar-refractivity contribution in [3.8, 4) is 0 Å². The molecule has 0 saturated heterocycles. The van der Waals surface area contributed by atoms with Crippen molar-refractivity contribution in [3.63, 3.8) is 0 Å². The molecule has 0 bridgehead atoms. The van der Waals surface area contributed by atoms with Crippen LogP contribution in [-0.2, 0) is 4.79 Å².